The molecule has 1 atom stereocenters. The Hall–Kier alpha value is -4.19. The highest BCUT2D eigenvalue weighted by Crippen LogP contribution is 2.16. The molecule has 72 heavy (non-hydrogen) atoms. The van der Waals surface area contributed by atoms with E-state index in [0.717, 1.165) is 109 Å². The summed E-state index contributed by atoms with van der Waals surface area (Å²) in [5, 5.41) is 0. The fraction of sp³-hybridized carbons (Fsp3) is 0.652. The Morgan fingerprint density at radius 1 is 0.292 bits per heavy atom. The maximum atomic E-state index is 12.9. The Morgan fingerprint density at radius 2 is 0.569 bits per heavy atom. The highest BCUT2D eigenvalue weighted by Gasteiger charge is 2.19. The summed E-state index contributed by atoms with van der Waals surface area (Å²) in [7, 11) is 0. The summed E-state index contributed by atoms with van der Waals surface area (Å²) < 4.78 is 16.8. The SMILES string of the molecule is CC/C=C\C/C=C\C/C=C\C/C=C\C/C=C\C/C=C\CCC(=O)OCC(COC(=O)CCCCC/C=C\C/C=C\C/C=C\C/C=C\CC)OC(=O)CCCCCCCCCCCCCCCCCCCCC. The van der Waals surface area contributed by atoms with Gasteiger partial charge in [0, 0.05) is 19.3 Å². The third-order valence-electron chi connectivity index (χ3n) is 12.2. The molecule has 0 aliphatic rings. The number of allylic oxidation sites excluding steroid dienone is 20. The lowest BCUT2D eigenvalue weighted by Crippen LogP contribution is -2.30. The van der Waals surface area contributed by atoms with Crippen LogP contribution in [0.3, 0.4) is 0 Å². The predicted octanol–water partition coefficient (Wildman–Crippen LogP) is 20.0. The molecule has 0 saturated carbocycles. The molecule has 0 spiro atoms. The van der Waals surface area contributed by atoms with Gasteiger partial charge in [-0.3, -0.25) is 14.4 Å². The topological polar surface area (TPSA) is 78.9 Å². The van der Waals surface area contributed by atoms with E-state index in [9.17, 15) is 14.4 Å². The smallest absolute Gasteiger partial charge is 0.306 e. The van der Waals surface area contributed by atoms with Crippen LogP contribution in [-0.2, 0) is 28.6 Å². The van der Waals surface area contributed by atoms with Crippen molar-refractivity contribution in [1.29, 1.82) is 0 Å². The first-order valence-electron chi connectivity index (χ1n) is 29.5. The Morgan fingerprint density at radius 3 is 0.931 bits per heavy atom. The second-order valence-corrected chi connectivity index (χ2v) is 19.1. The van der Waals surface area contributed by atoms with E-state index < -0.39 is 6.10 Å². The molecule has 0 aliphatic heterocycles. The second kappa shape index (κ2) is 59.4. The number of unbranched alkanes of at least 4 members (excludes halogenated alkanes) is 21. The summed E-state index contributed by atoms with van der Waals surface area (Å²) in [4.78, 5) is 38.2. The molecule has 0 aromatic carbocycles. The Labute approximate surface area is 443 Å². The molecule has 0 aliphatic carbocycles. The van der Waals surface area contributed by atoms with Crippen LogP contribution in [0.15, 0.2) is 122 Å². The zero-order chi connectivity index (χ0) is 52.2. The summed E-state index contributed by atoms with van der Waals surface area (Å²) >= 11 is 0. The fourth-order valence-electron chi connectivity index (χ4n) is 7.87. The van der Waals surface area contributed by atoms with Crippen molar-refractivity contribution in [2.45, 2.75) is 264 Å². The third-order valence-corrected chi connectivity index (χ3v) is 12.2. The van der Waals surface area contributed by atoms with Crippen LogP contribution in [0, 0.1) is 0 Å². The van der Waals surface area contributed by atoms with Gasteiger partial charge in [-0.1, -0.05) is 264 Å². The molecule has 6 nitrogen and oxygen atoms in total. The van der Waals surface area contributed by atoms with Gasteiger partial charge in [-0.15, -0.1) is 0 Å². The minimum absolute atomic E-state index is 0.119. The molecule has 6 heteroatoms. The minimum Gasteiger partial charge on any atom is -0.462 e. The van der Waals surface area contributed by atoms with E-state index in [4.69, 9.17) is 14.2 Å². The van der Waals surface area contributed by atoms with Gasteiger partial charge in [0.15, 0.2) is 6.10 Å². The number of hydrogen-bond acceptors (Lipinski definition) is 6. The zero-order valence-corrected chi connectivity index (χ0v) is 46.7. The molecule has 0 heterocycles. The van der Waals surface area contributed by atoms with E-state index in [2.05, 4.69) is 136 Å². The van der Waals surface area contributed by atoms with Crippen LogP contribution < -0.4 is 0 Å². The van der Waals surface area contributed by atoms with Gasteiger partial charge in [0.05, 0.1) is 0 Å². The van der Waals surface area contributed by atoms with Crippen molar-refractivity contribution < 1.29 is 28.6 Å². The molecule has 0 aromatic rings. The van der Waals surface area contributed by atoms with Crippen molar-refractivity contribution in [3.05, 3.63) is 122 Å². The fourth-order valence-corrected chi connectivity index (χ4v) is 7.87. The van der Waals surface area contributed by atoms with Gasteiger partial charge in [0.25, 0.3) is 0 Å². The van der Waals surface area contributed by atoms with Gasteiger partial charge in [0.1, 0.15) is 13.2 Å². The van der Waals surface area contributed by atoms with Crippen LogP contribution in [0.5, 0.6) is 0 Å². The molecule has 0 amide bonds. The lowest BCUT2D eigenvalue weighted by Gasteiger charge is -2.18. The monoisotopic (exact) mass is 997 g/mol. The molecule has 0 saturated heterocycles. The van der Waals surface area contributed by atoms with Crippen LogP contribution in [-0.4, -0.2) is 37.2 Å². The average molecular weight is 998 g/mol. The molecule has 0 bridgehead atoms. The van der Waals surface area contributed by atoms with E-state index in [-0.39, 0.29) is 37.5 Å². The van der Waals surface area contributed by atoms with Crippen molar-refractivity contribution in [3.63, 3.8) is 0 Å². The van der Waals surface area contributed by atoms with Crippen LogP contribution >= 0.6 is 0 Å². The number of ether oxygens (including phenoxy) is 3. The van der Waals surface area contributed by atoms with Gasteiger partial charge in [-0.2, -0.15) is 0 Å². The quantitative estimate of drug-likeness (QED) is 0.0261. The molecule has 0 radical (unpaired) electrons. The number of carbonyl (C=O) groups excluding carboxylic acids is 3. The molecule has 0 aromatic heterocycles. The molecule has 0 rings (SSSR count). The lowest BCUT2D eigenvalue weighted by atomic mass is 10.0. The number of rotatable bonds is 52. The van der Waals surface area contributed by atoms with Crippen molar-refractivity contribution >= 4 is 17.9 Å². The van der Waals surface area contributed by atoms with Gasteiger partial charge in [0.2, 0.25) is 0 Å². The third kappa shape index (κ3) is 56.7. The first kappa shape index (κ1) is 67.8. The van der Waals surface area contributed by atoms with E-state index in [1.165, 1.54) is 103 Å². The van der Waals surface area contributed by atoms with E-state index in [0.29, 0.717) is 19.3 Å². The van der Waals surface area contributed by atoms with Crippen LogP contribution in [0.2, 0.25) is 0 Å². The van der Waals surface area contributed by atoms with Crippen LogP contribution in [0.1, 0.15) is 258 Å². The lowest BCUT2D eigenvalue weighted by molar-refractivity contribution is -0.166. The Bertz CT molecular complexity index is 1520. The highest BCUT2D eigenvalue weighted by molar-refractivity contribution is 5.71. The van der Waals surface area contributed by atoms with Gasteiger partial charge in [-0.25, -0.2) is 0 Å². The van der Waals surface area contributed by atoms with E-state index in [1.54, 1.807) is 0 Å². The highest BCUT2D eigenvalue weighted by atomic mass is 16.6. The first-order valence-corrected chi connectivity index (χ1v) is 29.5. The Balaban J connectivity index is 4.53. The maximum absolute atomic E-state index is 12.9. The molecule has 0 fully saturated rings. The van der Waals surface area contributed by atoms with Crippen LogP contribution in [0.4, 0.5) is 0 Å². The van der Waals surface area contributed by atoms with Crippen molar-refractivity contribution in [2.24, 2.45) is 0 Å². The van der Waals surface area contributed by atoms with Crippen molar-refractivity contribution in [1.82, 2.24) is 0 Å². The zero-order valence-electron chi connectivity index (χ0n) is 46.7. The van der Waals surface area contributed by atoms with E-state index >= 15 is 0 Å². The molecule has 1 unspecified atom stereocenters. The summed E-state index contributed by atoms with van der Waals surface area (Å²) in [6.07, 6.45) is 82.1. The number of carbonyl (C=O) groups is 3. The molecule has 0 N–H and O–H groups in total. The van der Waals surface area contributed by atoms with Crippen LogP contribution in [0.25, 0.3) is 0 Å². The molecular weight excluding hydrogens is 889 g/mol. The van der Waals surface area contributed by atoms with Gasteiger partial charge < -0.3 is 14.2 Å². The summed E-state index contributed by atoms with van der Waals surface area (Å²) in [6.45, 7) is 6.33. The Kier molecular flexibility index (Phi) is 55.9. The summed E-state index contributed by atoms with van der Waals surface area (Å²) in [5.41, 5.74) is 0. The summed E-state index contributed by atoms with van der Waals surface area (Å²) in [5.74, 6) is -1.03. The molecular formula is C66H108O6. The average Bonchev–Trinajstić information content (AvgIpc) is 3.38. The number of esters is 3. The van der Waals surface area contributed by atoms with Gasteiger partial charge >= 0.3 is 17.9 Å². The first-order chi connectivity index (χ1) is 35.5. The van der Waals surface area contributed by atoms with Gasteiger partial charge in [-0.05, 0) is 96.3 Å². The second-order valence-electron chi connectivity index (χ2n) is 19.1. The normalized spacial score (nSPS) is 13.0. The number of hydrogen-bond donors (Lipinski definition) is 0. The van der Waals surface area contributed by atoms with E-state index in [1.807, 2.05) is 6.08 Å². The predicted molar refractivity (Wildman–Crippen MR) is 311 cm³/mol. The standard InChI is InChI=1S/C66H108O6/c1-4-7-10-13-16-19-22-25-28-31-33-35-38-41-44-47-50-53-56-59-65(68)71-62-63(61-70-64(67)58-55-52-49-46-43-40-37-30-27-24-21-18-15-12-9-6-3)72-66(69)60-57-54-51-48-45-42-39-36-34-32-29-26-23-20-17-14-11-8-5-2/h7,9-10,12,16,18-19,21,25,27-28,30,33,35,40-41,43-44,50,53,63H,4-6,8,11,13-15,17,20,22-24,26,29,31-32,34,36-39,42,45-49,51-52,54-62H2,1-3H3/b10-7-,12-9-,19-16-,21-18-,28-25-,30-27-,35-33-,43-40-,44-41-,53-50-. The van der Waals surface area contributed by atoms with Crippen molar-refractivity contribution in [3.8, 4) is 0 Å². The minimum atomic E-state index is -0.824. The largest absolute Gasteiger partial charge is 0.462 e. The summed E-state index contributed by atoms with van der Waals surface area (Å²) in [6, 6.07) is 0. The maximum Gasteiger partial charge on any atom is 0.306 e. The van der Waals surface area contributed by atoms with Crippen molar-refractivity contribution in [2.75, 3.05) is 13.2 Å². The molecule has 408 valence electrons.